The third kappa shape index (κ3) is 4.84. The van der Waals surface area contributed by atoms with Crippen molar-refractivity contribution in [2.75, 3.05) is 13.7 Å². The molecule has 17 heavy (non-hydrogen) atoms. The van der Waals surface area contributed by atoms with Gasteiger partial charge in [0.1, 0.15) is 0 Å². The molecular formula is C13H21ClNO2-. The Morgan fingerprint density at radius 1 is 1.29 bits per heavy atom. The number of methoxy groups -OCH3 is 1. The molecule has 98 valence electrons. The Balaban J connectivity index is 0.00000256. The van der Waals surface area contributed by atoms with Crippen molar-refractivity contribution < 1.29 is 21.9 Å². The number of rotatable bonds is 6. The third-order valence-corrected chi connectivity index (χ3v) is 2.27. The number of hydrogen-bond donors (Lipinski definition) is 1. The van der Waals surface area contributed by atoms with Crippen LogP contribution in [-0.2, 0) is 6.54 Å². The third-order valence-electron chi connectivity index (χ3n) is 2.27. The summed E-state index contributed by atoms with van der Waals surface area (Å²) in [7, 11) is 1.66. The van der Waals surface area contributed by atoms with Gasteiger partial charge in [-0.25, -0.2) is 0 Å². The lowest BCUT2D eigenvalue weighted by Gasteiger charge is -2.15. The van der Waals surface area contributed by atoms with Crippen LogP contribution in [0.2, 0.25) is 0 Å². The molecule has 4 heteroatoms. The molecular weight excluding hydrogens is 238 g/mol. The molecule has 1 aromatic carbocycles. The van der Waals surface area contributed by atoms with Crippen molar-refractivity contribution >= 4 is 0 Å². The highest BCUT2D eigenvalue weighted by atomic mass is 35.5. The van der Waals surface area contributed by atoms with E-state index in [-0.39, 0.29) is 12.4 Å². The van der Waals surface area contributed by atoms with Crippen LogP contribution in [0.5, 0.6) is 11.5 Å². The summed E-state index contributed by atoms with van der Waals surface area (Å²) in [6.45, 7) is 7.67. The highest BCUT2D eigenvalue weighted by molar-refractivity contribution is 5.46. The van der Waals surface area contributed by atoms with Gasteiger partial charge in [0.2, 0.25) is 0 Å². The minimum Gasteiger partial charge on any atom is -1.00 e. The van der Waals surface area contributed by atoms with Crippen LogP contribution in [0.15, 0.2) is 18.2 Å². The predicted octanol–water partition coefficient (Wildman–Crippen LogP) is -0.404. The van der Waals surface area contributed by atoms with Crippen LogP contribution in [-0.4, -0.2) is 19.8 Å². The maximum atomic E-state index is 5.63. The van der Waals surface area contributed by atoms with Crippen LogP contribution in [0, 0.1) is 0 Å². The van der Waals surface area contributed by atoms with Crippen LogP contribution in [0.3, 0.4) is 0 Å². The van der Waals surface area contributed by atoms with Gasteiger partial charge in [0, 0.05) is 18.2 Å². The highest BCUT2D eigenvalue weighted by Gasteiger charge is 2.09. The zero-order valence-electron chi connectivity index (χ0n) is 10.9. The standard InChI is InChI=1S/C13H21NO2.ClH/c1-5-16-13-11(9-14-10(2)3)7-6-8-12(13)15-4;/h6-8,10,14H,5,9H2,1-4H3;1H/p-1. The smallest absolute Gasteiger partial charge is 0.165 e. The Morgan fingerprint density at radius 2 is 2.00 bits per heavy atom. The second-order valence-electron chi connectivity index (χ2n) is 3.92. The van der Waals surface area contributed by atoms with Gasteiger partial charge < -0.3 is 27.2 Å². The first-order chi connectivity index (χ1) is 7.69. The van der Waals surface area contributed by atoms with Crippen LogP contribution >= 0.6 is 0 Å². The molecule has 0 aliphatic heterocycles. The summed E-state index contributed by atoms with van der Waals surface area (Å²) in [6, 6.07) is 6.42. The Hall–Kier alpha value is -0.930. The fourth-order valence-corrected chi connectivity index (χ4v) is 1.48. The van der Waals surface area contributed by atoms with E-state index in [0.717, 1.165) is 23.6 Å². The van der Waals surface area contributed by atoms with Crippen LogP contribution < -0.4 is 27.2 Å². The highest BCUT2D eigenvalue weighted by Crippen LogP contribution is 2.30. The van der Waals surface area contributed by atoms with E-state index >= 15 is 0 Å². The van der Waals surface area contributed by atoms with Crippen molar-refractivity contribution in [3.63, 3.8) is 0 Å². The lowest BCUT2D eigenvalue weighted by atomic mass is 10.1. The van der Waals surface area contributed by atoms with E-state index in [1.807, 2.05) is 19.1 Å². The molecule has 0 bridgehead atoms. The zero-order valence-corrected chi connectivity index (χ0v) is 11.7. The predicted molar refractivity (Wildman–Crippen MR) is 66.1 cm³/mol. The molecule has 1 rings (SSSR count). The molecule has 0 heterocycles. The molecule has 0 aliphatic rings. The molecule has 0 spiro atoms. The van der Waals surface area contributed by atoms with Crippen LogP contribution in [0.4, 0.5) is 0 Å². The number of ether oxygens (including phenoxy) is 2. The molecule has 0 aromatic heterocycles. The summed E-state index contributed by atoms with van der Waals surface area (Å²) in [5.41, 5.74) is 1.13. The van der Waals surface area contributed by atoms with Gasteiger partial charge in [-0.15, -0.1) is 0 Å². The molecule has 1 aromatic rings. The van der Waals surface area contributed by atoms with Gasteiger partial charge in [0.05, 0.1) is 13.7 Å². The molecule has 0 saturated heterocycles. The van der Waals surface area contributed by atoms with Gasteiger partial charge in [-0.1, -0.05) is 26.0 Å². The van der Waals surface area contributed by atoms with E-state index in [0.29, 0.717) is 12.6 Å². The molecule has 0 radical (unpaired) electrons. The first kappa shape index (κ1) is 16.1. The van der Waals surface area contributed by atoms with E-state index in [1.165, 1.54) is 0 Å². The average molecular weight is 259 g/mol. The molecule has 0 unspecified atom stereocenters. The molecule has 0 saturated carbocycles. The van der Waals surface area contributed by atoms with Crippen molar-refractivity contribution in [1.29, 1.82) is 0 Å². The maximum absolute atomic E-state index is 5.63. The number of halogens is 1. The zero-order chi connectivity index (χ0) is 12.0. The number of hydrogen-bond acceptors (Lipinski definition) is 3. The van der Waals surface area contributed by atoms with Crippen LogP contribution in [0.1, 0.15) is 26.3 Å². The van der Waals surface area contributed by atoms with Crippen molar-refractivity contribution in [1.82, 2.24) is 5.32 Å². The largest absolute Gasteiger partial charge is 1.00 e. The lowest BCUT2D eigenvalue weighted by Crippen LogP contribution is -3.00. The summed E-state index contributed by atoms with van der Waals surface area (Å²) in [4.78, 5) is 0. The van der Waals surface area contributed by atoms with Gasteiger partial charge in [-0.2, -0.15) is 0 Å². The van der Waals surface area contributed by atoms with Crippen molar-refractivity contribution in [2.24, 2.45) is 0 Å². The number of para-hydroxylation sites is 1. The van der Waals surface area contributed by atoms with E-state index in [9.17, 15) is 0 Å². The number of benzene rings is 1. The summed E-state index contributed by atoms with van der Waals surface area (Å²) in [6.07, 6.45) is 0. The second kappa shape index (κ2) is 8.20. The van der Waals surface area contributed by atoms with Crippen molar-refractivity contribution in [3.8, 4) is 11.5 Å². The van der Waals surface area contributed by atoms with Gasteiger partial charge in [0.15, 0.2) is 11.5 Å². The first-order valence-electron chi connectivity index (χ1n) is 5.71. The molecule has 1 N–H and O–H groups in total. The van der Waals surface area contributed by atoms with Crippen LogP contribution in [0.25, 0.3) is 0 Å². The lowest BCUT2D eigenvalue weighted by molar-refractivity contribution is -0.00000435. The van der Waals surface area contributed by atoms with Crippen molar-refractivity contribution in [2.45, 2.75) is 33.4 Å². The van der Waals surface area contributed by atoms with E-state index < -0.39 is 0 Å². The molecule has 0 atom stereocenters. The first-order valence-corrected chi connectivity index (χ1v) is 5.71. The molecule has 0 amide bonds. The van der Waals surface area contributed by atoms with E-state index in [1.54, 1.807) is 7.11 Å². The average Bonchev–Trinajstić information content (AvgIpc) is 2.27. The molecule has 0 fully saturated rings. The summed E-state index contributed by atoms with van der Waals surface area (Å²) in [5.74, 6) is 1.64. The van der Waals surface area contributed by atoms with E-state index in [4.69, 9.17) is 9.47 Å². The van der Waals surface area contributed by atoms with E-state index in [2.05, 4.69) is 25.2 Å². The molecule has 3 nitrogen and oxygen atoms in total. The summed E-state index contributed by atoms with van der Waals surface area (Å²) in [5, 5.41) is 3.38. The second-order valence-corrected chi connectivity index (χ2v) is 3.92. The van der Waals surface area contributed by atoms with Gasteiger partial charge >= 0.3 is 0 Å². The van der Waals surface area contributed by atoms with Crippen molar-refractivity contribution in [3.05, 3.63) is 23.8 Å². The van der Waals surface area contributed by atoms with Gasteiger partial charge in [-0.05, 0) is 13.0 Å². The Morgan fingerprint density at radius 3 is 2.53 bits per heavy atom. The maximum Gasteiger partial charge on any atom is 0.165 e. The minimum atomic E-state index is 0. The molecule has 0 aliphatic carbocycles. The fraction of sp³-hybridized carbons (Fsp3) is 0.538. The Bertz CT molecular complexity index is 329. The summed E-state index contributed by atoms with van der Waals surface area (Å²) >= 11 is 0. The normalized spacial score (nSPS) is 9.94. The van der Waals surface area contributed by atoms with Gasteiger partial charge in [-0.3, -0.25) is 0 Å². The monoisotopic (exact) mass is 258 g/mol. The quantitative estimate of drug-likeness (QED) is 0.753. The SMILES string of the molecule is CCOc1c(CNC(C)C)cccc1OC.[Cl-]. The Kier molecular flexibility index (Phi) is 7.75. The number of nitrogens with one attached hydrogen (secondary N) is 1. The minimum absolute atomic E-state index is 0. The fourth-order valence-electron chi connectivity index (χ4n) is 1.48. The summed E-state index contributed by atoms with van der Waals surface area (Å²) < 4.78 is 10.9. The van der Waals surface area contributed by atoms with Gasteiger partial charge in [0.25, 0.3) is 0 Å². The Labute approximate surface area is 110 Å². The topological polar surface area (TPSA) is 30.5 Å².